The molecule has 0 aliphatic carbocycles. The molecule has 11 nitrogen and oxygen atoms in total. The first-order valence-electron chi connectivity index (χ1n) is 14.9. The van der Waals surface area contributed by atoms with Gasteiger partial charge in [0.05, 0.1) is 31.3 Å². The minimum atomic E-state index is -1.32. The van der Waals surface area contributed by atoms with Gasteiger partial charge in [0.25, 0.3) is 0 Å². The van der Waals surface area contributed by atoms with Gasteiger partial charge in [-0.15, -0.1) is 0 Å². The van der Waals surface area contributed by atoms with Gasteiger partial charge >= 0.3 is 0 Å². The van der Waals surface area contributed by atoms with Crippen LogP contribution in [-0.2, 0) is 30.4 Å². The molecule has 3 amide bonds. The van der Waals surface area contributed by atoms with Crippen molar-refractivity contribution in [1.82, 2.24) is 20.0 Å². The lowest BCUT2D eigenvalue weighted by molar-refractivity contribution is -0.148. The molecule has 7 atom stereocenters. The molecule has 0 unspecified atom stereocenters. The predicted octanol–water partition coefficient (Wildman–Crippen LogP) is 0.409. The summed E-state index contributed by atoms with van der Waals surface area (Å²) in [5.41, 5.74) is 0.178. The minimum Gasteiger partial charge on any atom is -0.388 e. The lowest BCUT2D eigenvalue weighted by Gasteiger charge is -2.39. The Bertz CT molecular complexity index is 1210. The zero-order valence-corrected chi connectivity index (χ0v) is 24.9. The van der Waals surface area contributed by atoms with Crippen molar-refractivity contribution < 1.29 is 42.9 Å². The van der Waals surface area contributed by atoms with E-state index in [2.05, 4.69) is 5.32 Å². The van der Waals surface area contributed by atoms with Gasteiger partial charge in [0.15, 0.2) is 11.6 Å². The van der Waals surface area contributed by atoms with Crippen LogP contribution in [0.4, 0.5) is 8.78 Å². The van der Waals surface area contributed by atoms with Crippen molar-refractivity contribution in [1.29, 1.82) is 0 Å². The van der Waals surface area contributed by atoms with Crippen LogP contribution in [0, 0.1) is 17.0 Å². The summed E-state index contributed by atoms with van der Waals surface area (Å²) in [6, 6.07) is 2.57. The van der Waals surface area contributed by atoms with Crippen molar-refractivity contribution in [3.05, 3.63) is 35.4 Å². The van der Waals surface area contributed by atoms with E-state index in [-0.39, 0.29) is 62.9 Å². The molecule has 4 aliphatic rings. The third-order valence-electron chi connectivity index (χ3n) is 8.58. The summed E-state index contributed by atoms with van der Waals surface area (Å²) < 4.78 is 39.5. The highest BCUT2D eigenvalue weighted by Crippen LogP contribution is 2.29. The fourth-order valence-electron chi connectivity index (χ4n) is 6.47. The van der Waals surface area contributed by atoms with Crippen LogP contribution < -0.4 is 5.32 Å². The fourth-order valence-corrected chi connectivity index (χ4v) is 6.47. The number of ether oxygens (including phenoxy) is 2. The normalized spacial score (nSPS) is 32.7. The number of amides is 3. The Morgan fingerprint density at radius 2 is 1.79 bits per heavy atom. The lowest BCUT2D eigenvalue weighted by Crippen LogP contribution is -2.55. The van der Waals surface area contributed by atoms with Gasteiger partial charge in [-0.05, 0) is 29.5 Å². The number of nitrogens with one attached hydrogen (secondary N) is 1. The molecule has 0 radical (unpaired) electrons. The SMILES string of the molecule is CC(C)(C)CC(=O)N1C[C@@H]2CN(CCO2)C(=O)[C@@H]2C[C@@H](CN2Cc2ccc(F)c(F)c2)NC(=O)C[C@@H]2O[C@H](C1)[C@@H](O)[C@H]2O. The first kappa shape index (κ1) is 31.7. The van der Waals surface area contributed by atoms with Crippen molar-refractivity contribution in [3.63, 3.8) is 0 Å². The third kappa shape index (κ3) is 7.51. The van der Waals surface area contributed by atoms with E-state index in [1.54, 1.807) is 9.80 Å². The van der Waals surface area contributed by atoms with Crippen LogP contribution in [0.3, 0.4) is 0 Å². The molecule has 1 aromatic carbocycles. The van der Waals surface area contributed by atoms with Crippen molar-refractivity contribution >= 4 is 17.7 Å². The first-order chi connectivity index (χ1) is 20.3. The Morgan fingerprint density at radius 3 is 2.51 bits per heavy atom. The monoisotopic (exact) mass is 608 g/mol. The second kappa shape index (κ2) is 12.7. The van der Waals surface area contributed by atoms with Gasteiger partial charge in [0.1, 0.15) is 18.3 Å². The average molecular weight is 609 g/mol. The highest BCUT2D eigenvalue weighted by Gasteiger charge is 2.46. The number of halogens is 2. The number of carbonyl (C=O) groups excluding carboxylic acids is 3. The maximum absolute atomic E-state index is 14.0. The topological polar surface area (TPSA) is 132 Å². The predicted molar refractivity (Wildman–Crippen MR) is 149 cm³/mol. The van der Waals surface area contributed by atoms with E-state index < -0.39 is 60.1 Å². The molecule has 43 heavy (non-hydrogen) atoms. The molecule has 238 valence electrons. The minimum absolute atomic E-state index is 0.00762. The highest BCUT2D eigenvalue weighted by molar-refractivity contribution is 5.83. The van der Waals surface area contributed by atoms with Crippen molar-refractivity contribution in [3.8, 4) is 0 Å². The van der Waals surface area contributed by atoms with Crippen LogP contribution in [0.5, 0.6) is 0 Å². The smallest absolute Gasteiger partial charge is 0.240 e. The number of aliphatic hydroxyl groups excluding tert-OH is 2. The van der Waals surface area contributed by atoms with Crippen molar-refractivity contribution in [2.45, 2.75) is 89.2 Å². The molecule has 3 N–H and O–H groups in total. The number of fused-ring (bicyclic) bond motifs is 6. The number of likely N-dealkylation sites (tertiary alicyclic amines) is 1. The number of hydrogen-bond acceptors (Lipinski definition) is 8. The van der Waals surface area contributed by atoms with Crippen molar-refractivity contribution in [2.24, 2.45) is 5.41 Å². The Kier molecular flexibility index (Phi) is 9.38. The van der Waals surface area contributed by atoms with Gasteiger partial charge in [-0.1, -0.05) is 26.8 Å². The maximum Gasteiger partial charge on any atom is 0.240 e. The molecule has 0 aromatic heterocycles. The Morgan fingerprint density at radius 1 is 1.05 bits per heavy atom. The van der Waals surface area contributed by atoms with E-state index in [1.807, 2.05) is 25.7 Å². The molecular formula is C30H42F2N4O7. The summed E-state index contributed by atoms with van der Waals surface area (Å²) in [4.78, 5) is 45.5. The molecule has 0 saturated carbocycles. The van der Waals surface area contributed by atoms with Gasteiger partial charge in [0.2, 0.25) is 17.7 Å². The van der Waals surface area contributed by atoms with E-state index in [9.17, 15) is 33.4 Å². The Hall–Kier alpha value is -2.71. The molecule has 13 heteroatoms. The zero-order chi connectivity index (χ0) is 31.1. The van der Waals surface area contributed by atoms with E-state index in [0.29, 0.717) is 25.1 Å². The molecule has 0 spiro atoms. The summed E-state index contributed by atoms with van der Waals surface area (Å²) in [7, 11) is 0. The van der Waals surface area contributed by atoms with Crippen LogP contribution in [0.2, 0.25) is 0 Å². The summed E-state index contributed by atoms with van der Waals surface area (Å²) in [6.45, 7) is 7.27. The van der Waals surface area contributed by atoms with Crippen LogP contribution in [0.15, 0.2) is 18.2 Å². The standard InChI is InChI=1S/C30H42F2N4O7/c1-30(2,3)11-26(38)36-15-19-14-34(6-7-42-19)29(41)22-9-18(13-35(22)12-17-4-5-20(31)21(32)8-17)33-25(37)10-23-27(39)28(40)24(16-36)43-23/h4-5,8,18-19,22-24,27-28,39-40H,6-7,9-16H2,1-3H3,(H,33,37)/t18-,19-,22-,23-,24+,27-,28+/m0/s1. The number of aliphatic hydroxyl groups is 2. The molecule has 1 aromatic rings. The van der Waals surface area contributed by atoms with Crippen molar-refractivity contribution in [2.75, 3.05) is 39.3 Å². The Labute approximate surface area is 250 Å². The van der Waals surface area contributed by atoms with Gasteiger partial charge in [0, 0.05) is 51.7 Å². The van der Waals surface area contributed by atoms with E-state index in [4.69, 9.17) is 9.47 Å². The average Bonchev–Trinajstić information content (AvgIpc) is 3.43. The van der Waals surface area contributed by atoms with Crippen LogP contribution in [-0.4, -0.2) is 125 Å². The zero-order valence-electron chi connectivity index (χ0n) is 24.9. The maximum atomic E-state index is 14.0. The summed E-state index contributed by atoms with van der Waals surface area (Å²) in [5, 5.41) is 24.5. The van der Waals surface area contributed by atoms with Crippen LogP contribution >= 0.6 is 0 Å². The first-order valence-corrected chi connectivity index (χ1v) is 14.9. The highest BCUT2D eigenvalue weighted by atomic mass is 19.2. The number of nitrogens with zero attached hydrogens (tertiary/aromatic N) is 3. The molecule has 4 saturated heterocycles. The third-order valence-corrected chi connectivity index (χ3v) is 8.58. The molecule has 5 rings (SSSR count). The number of hydrogen-bond donors (Lipinski definition) is 3. The molecule has 4 fully saturated rings. The lowest BCUT2D eigenvalue weighted by atomic mass is 9.91. The van der Waals surface area contributed by atoms with E-state index in [0.717, 1.165) is 12.1 Å². The van der Waals surface area contributed by atoms with E-state index in [1.165, 1.54) is 6.07 Å². The number of carbonyl (C=O) groups is 3. The quantitative estimate of drug-likeness (QED) is 0.450. The van der Waals surface area contributed by atoms with Gasteiger partial charge < -0.3 is 34.8 Å². The van der Waals surface area contributed by atoms with Gasteiger partial charge in [-0.2, -0.15) is 0 Å². The Balaban J connectivity index is 1.42. The van der Waals surface area contributed by atoms with E-state index >= 15 is 0 Å². The van der Waals surface area contributed by atoms with Crippen LogP contribution in [0.25, 0.3) is 0 Å². The number of benzene rings is 1. The molecule has 4 heterocycles. The second-order valence-electron chi connectivity index (χ2n) is 13.4. The fraction of sp³-hybridized carbons (Fsp3) is 0.700. The summed E-state index contributed by atoms with van der Waals surface area (Å²) >= 11 is 0. The number of rotatable bonds is 3. The number of morpholine rings is 1. The summed E-state index contributed by atoms with van der Waals surface area (Å²) in [5.74, 6) is -2.70. The second-order valence-corrected chi connectivity index (χ2v) is 13.4. The largest absolute Gasteiger partial charge is 0.388 e. The molecular weight excluding hydrogens is 566 g/mol. The molecule has 4 aliphatic heterocycles. The van der Waals surface area contributed by atoms with Gasteiger partial charge in [-0.3, -0.25) is 19.3 Å². The van der Waals surface area contributed by atoms with Gasteiger partial charge in [-0.25, -0.2) is 8.78 Å². The summed E-state index contributed by atoms with van der Waals surface area (Å²) in [6.07, 6.45) is -4.71. The molecule has 6 bridgehead atoms. The van der Waals surface area contributed by atoms with Crippen LogP contribution in [0.1, 0.15) is 45.6 Å².